The van der Waals surface area contributed by atoms with Crippen molar-refractivity contribution in [2.75, 3.05) is 12.3 Å². The monoisotopic (exact) mass is 421 g/mol. The fourth-order valence-electron chi connectivity index (χ4n) is 3.12. The van der Waals surface area contributed by atoms with Crippen LogP contribution in [0.1, 0.15) is 23.6 Å². The van der Waals surface area contributed by atoms with Crippen molar-refractivity contribution >= 4 is 21.7 Å². The molecule has 0 saturated heterocycles. The Morgan fingerprint density at radius 3 is 2.48 bits per heavy atom. The van der Waals surface area contributed by atoms with Crippen molar-refractivity contribution < 1.29 is 4.74 Å². The number of aromatic nitrogens is 1. The first-order chi connectivity index (χ1) is 13.0. The second kappa shape index (κ2) is 7.81. The van der Waals surface area contributed by atoms with Crippen LogP contribution in [0.2, 0.25) is 0 Å². The molecule has 0 saturated carbocycles. The zero-order valence-electron chi connectivity index (χ0n) is 15.5. The molecule has 1 heterocycles. The Balaban J connectivity index is 2.35. The van der Waals surface area contributed by atoms with E-state index in [9.17, 15) is 5.26 Å². The summed E-state index contributed by atoms with van der Waals surface area (Å²) >= 11 is 3.52. The van der Waals surface area contributed by atoms with E-state index in [1.807, 2.05) is 63.2 Å². The minimum absolute atomic E-state index is 0.219. The quantitative estimate of drug-likeness (QED) is 0.590. The molecule has 0 spiro atoms. The zero-order chi connectivity index (χ0) is 19.6. The van der Waals surface area contributed by atoms with Crippen LogP contribution in [0.5, 0.6) is 5.75 Å². The number of nitriles is 1. The number of halogens is 1. The number of anilines is 1. The number of ether oxygens (including phenoxy) is 1. The third kappa shape index (κ3) is 3.67. The lowest BCUT2D eigenvalue weighted by atomic mass is 9.92. The molecule has 4 nitrogen and oxygen atoms in total. The van der Waals surface area contributed by atoms with Crippen molar-refractivity contribution in [1.82, 2.24) is 4.98 Å². The zero-order valence-corrected chi connectivity index (χ0v) is 17.1. The van der Waals surface area contributed by atoms with Crippen molar-refractivity contribution in [3.8, 4) is 34.2 Å². The lowest BCUT2D eigenvalue weighted by Crippen LogP contribution is -2.04. The van der Waals surface area contributed by atoms with Gasteiger partial charge in [0.1, 0.15) is 23.2 Å². The molecule has 2 aromatic carbocycles. The first kappa shape index (κ1) is 18.9. The van der Waals surface area contributed by atoms with Gasteiger partial charge >= 0.3 is 0 Å². The Morgan fingerprint density at radius 1 is 1.15 bits per heavy atom. The molecule has 0 atom stereocenters. The number of nitrogens with two attached hydrogens (primary N) is 1. The third-order valence-corrected chi connectivity index (χ3v) is 4.91. The summed E-state index contributed by atoms with van der Waals surface area (Å²) in [7, 11) is 0. The Labute approximate surface area is 167 Å². The van der Waals surface area contributed by atoms with Crippen molar-refractivity contribution in [3.05, 3.63) is 63.6 Å². The van der Waals surface area contributed by atoms with E-state index in [2.05, 4.69) is 27.0 Å². The molecule has 3 rings (SSSR count). The van der Waals surface area contributed by atoms with E-state index >= 15 is 0 Å². The molecule has 0 amide bonds. The fourth-order valence-corrected chi connectivity index (χ4v) is 3.48. The average molecular weight is 422 g/mol. The van der Waals surface area contributed by atoms with Crippen molar-refractivity contribution in [1.29, 1.82) is 5.26 Å². The number of aryl methyl sites for hydroxylation is 1. The second-order valence-corrected chi connectivity index (χ2v) is 7.19. The van der Waals surface area contributed by atoms with E-state index in [0.717, 1.165) is 32.4 Å². The van der Waals surface area contributed by atoms with E-state index in [4.69, 9.17) is 10.5 Å². The number of nitrogens with zero attached hydrogens (tertiary/aromatic N) is 2. The number of benzene rings is 2. The van der Waals surface area contributed by atoms with E-state index in [-0.39, 0.29) is 5.82 Å². The van der Waals surface area contributed by atoms with E-state index in [0.29, 0.717) is 17.9 Å². The maximum Gasteiger partial charge on any atom is 0.142 e. The number of hydrogen-bond donors (Lipinski definition) is 1. The smallest absolute Gasteiger partial charge is 0.142 e. The van der Waals surface area contributed by atoms with Crippen LogP contribution in [-0.2, 0) is 0 Å². The van der Waals surface area contributed by atoms with Gasteiger partial charge in [0.05, 0.1) is 12.3 Å². The summed E-state index contributed by atoms with van der Waals surface area (Å²) in [6, 6.07) is 16.1. The van der Waals surface area contributed by atoms with Gasteiger partial charge in [0.2, 0.25) is 0 Å². The van der Waals surface area contributed by atoms with Crippen molar-refractivity contribution in [2.24, 2.45) is 0 Å². The number of pyridine rings is 1. The minimum atomic E-state index is 0.219. The Kier molecular flexibility index (Phi) is 5.48. The predicted octanol–water partition coefficient (Wildman–Crippen LogP) is 5.65. The van der Waals surface area contributed by atoms with Gasteiger partial charge in [-0.15, -0.1) is 0 Å². The van der Waals surface area contributed by atoms with Gasteiger partial charge in [0.25, 0.3) is 0 Å². The summed E-state index contributed by atoms with van der Waals surface area (Å²) in [5.41, 5.74) is 11.9. The molecular formula is C22H20BrN3O. The van der Waals surface area contributed by atoms with Crippen LogP contribution in [0.4, 0.5) is 5.82 Å². The molecule has 0 aliphatic rings. The van der Waals surface area contributed by atoms with E-state index in [1.54, 1.807) is 0 Å². The third-order valence-electron chi connectivity index (χ3n) is 4.42. The van der Waals surface area contributed by atoms with Gasteiger partial charge in [0, 0.05) is 21.2 Å². The van der Waals surface area contributed by atoms with Crippen LogP contribution >= 0.6 is 15.9 Å². The highest BCUT2D eigenvalue weighted by molar-refractivity contribution is 9.10. The maximum atomic E-state index is 9.75. The fraction of sp³-hybridized carbons (Fsp3) is 0.182. The molecule has 3 aromatic rings. The molecule has 1 aromatic heterocycles. The minimum Gasteiger partial charge on any atom is -0.493 e. The van der Waals surface area contributed by atoms with Gasteiger partial charge in [0.15, 0.2) is 0 Å². The molecule has 5 heteroatoms. The maximum absolute atomic E-state index is 9.75. The molecule has 27 heavy (non-hydrogen) atoms. The molecule has 0 unspecified atom stereocenters. The molecule has 0 radical (unpaired) electrons. The van der Waals surface area contributed by atoms with E-state index < -0.39 is 0 Å². The topological polar surface area (TPSA) is 71.9 Å². The van der Waals surface area contributed by atoms with Gasteiger partial charge in [-0.3, -0.25) is 0 Å². The van der Waals surface area contributed by atoms with E-state index in [1.165, 1.54) is 5.56 Å². The van der Waals surface area contributed by atoms with Crippen LogP contribution in [0.25, 0.3) is 22.4 Å². The summed E-state index contributed by atoms with van der Waals surface area (Å²) in [6.07, 6.45) is 0. The van der Waals surface area contributed by atoms with Crippen LogP contribution in [0, 0.1) is 25.2 Å². The van der Waals surface area contributed by atoms with Gasteiger partial charge < -0.3 is 10.5 Å². The number of nitrogen functional groups attached to an aromatic ring is 1. The lowest BCUT2D eigenvalue weighted by molar-refractivity contribution is 0.341. The van der Waals surface area contributed by atoms with Crippen LogP contribution in [-0.4, -0.2) is 11.6 Å². The molecule has 0 aliphatic heterocycles. The highest BCUT2D eigenvalue weighted by Crippen LogP contribution is 2.41. The molecule has 0 fully saturated rings. The Hall–Kier alpha value is -2.84. The van der Waals surface area contributed by atoms with Crippen molar-refractivity contribution in [3.63, 3.8) is 0 Å². The summed E-state index contributed by atoms with van der Waals surface area (Å²) in [5.74, 6) is 0.928. The van der Waals surface area contributed by atoms with Crippen LogP contribution in [0.15, 0.2) is 46.9 Å². The molecule has 136 valence electrons. The summed E-state index contributed by atoms with van der Waals surface area (Å²) in [5, 5.41) is 9.75. The molecule has 0 aliphatic carbocycles. The first-order valence-electron chi connectivity index (χ1n) is 8.66. The molecule has 2 N–H and O–H groups in total. The van der Waals surface area contributed by atoms with Crippen LogP contribution in [0.3, 0.4) is 0 Å². The average Bonchev–Trinajstić information content (AvgIpc) is 2.65. The highest BCUT2D eigenvalue weighted by atomic mass is 79.9. The highest BCUT2D eigenvalue weighted by Gasteiger charge is 2.21. The molecule has 0 bridgehead atoms. The normalized spacial score (nSPS) is 10.5. The number of rotatable bonds is 4. The summed E-state index contributed by atoms with van der Waals surface area (Å²) in [4.78, 5) is 4.53. The van der Waals surface area contributed by atoms with Crippen molar-refractivity contribution in [2.45, 2.75) is 20.8 Å². The van der Waals surface area contributed by atoms with Crippen LogP contribution < -0.4 is 10.5 Å². The standard InChI is InChI=1S/C22H20BrN3O/c1-4-27-19-10-9-16(23)11-17(19)20-14(3)21(26-22(25)18(20)12-24)15-7-5-13(2)6-8-15/h5-11H,4H2,1-3H3,(H2,25,26). The predicted molar refractivity (Wildman–Crippen MR) is 113 cm³/mol. The number of hydrogen-bond acceptors (Lipinski definition) is 4. The molecular weight excluding hydrogens is 402 g/mol. The largest absolute Gasteiger partial charge is 0.493 e. The van der Waals surface area contributed by atoms with Gasteiger partial charge in [-0.1, -0.05) is 45.8 Å². The van der Waals surface area contributed by atoms with Gasteiger partial charge in [-0.2, -0.15) is 5.26 Å². The first-order valence-corrected chi connectivity index (χ1v) is 9.45. The lowest BCUT2D eigenvalue weighted by Gasteiger charge is -2.18. The Bertz CT molecular complexity index is 1040. The second-order valence-electron chi connectivity index (χ2n) is 6.27. The summed E-state index contributed by atoms with van der Waals surface area (Å²) in [6.45, 7) is 6.47. The SMILES string of the molecule is CCOc1ccc(Br)cc1-c1c(C)c(-c2ccc(C)cc2)nc(N)c1C#N. The van der Waals surface area contributed by atoms with Gasteiger partial charge in [-0.25, -0.2) is 4.98 Å². The Morgan fingerprint density at radius 2 is 1.85 bits per heavy atom. The van der Waals surface area contributed by atoms with Gasteiger partial charge in [-0.05, 0) is 44.5 Å². The summed E-state index contributed by atoms with van der Waals surface area (Å²) < 4.78 is 6.71.